The SMILES string of the molecule is Cc1ccc2c(N3CCN(CCc4cccc5c4OCc4c(C(=O)CC6CCCC6)ncn4-5)CC3)cccc2n1. The molecule has 7 heteroatoms. The summed E-state index contributed by atoms with van der Waals surface area (Å²) in [5, 5.41) is 1.23. The van der Waals surface area contributed by atoms with Crippen molar-refractivity contribution in [3.63, 3.8) is 0 Å². The maximum Gasteiger partial charge on any atom is 0.183 e. The van der Waals surface area contributed by atoms with Crippen molar-refractivity contribution in [3.05, 3.63) is 77.5 Å². The highest BCUT2D eigenvalue weighted by Gasteiger charge is 2.28. The fourth-order valence-corrected chi connectivity index (χ4v) is 6.80. The van der Waals surface area contributed by atoms with Crippen molar-refractivity contribution >= 4 is 22.4 Å². The minimum absolute atomic E-state index is 0.165. The second kappa shape index (κ2) is 10.7. The van der Waals surface area contributed by atoms with Gasteiger partial charge in [0.2, 0.25) is 0 Å². The molecule has 7 nitrogen and oxygen atoms in total. The number of rotatable bonds is 7. The van der Waals surface area contributed by atoms with E-state index in [2.05, 4.69) is 67.9 Å². The summed E-state index contributed by atoms with van der Waals surface area (Å²) in [5.74, 6) is 1.61. The van der Waals surface area contributed by atoms with E-state index in [0.717, 1.165) is 67.5 Å². The number of carbonyl (C=O) groups is 1. The Labute approximate surface area is 235 Å². The van der Waals surface area contributed by atoms with Crippen LogP contribution in [0.4, 0.5) is 5.69 Å². The highest BCUT2D eigenvalue weighted by Crippen LogP contribution is 2.36. The summed E-state index contributed by atoms with van der Waals surface area (Å²) in [4.78, 5) is 27.4. The molecule has 4 heterocycles. The van der Waals surface area contributed by atoms with Crippen LogP contribution in [0, 0.1) is 12.8 Å². The number of ether oxygens (including phenoxy) is 1. The van der Waals surface area contributed by atoms with Gasteiger partial charge in [0.1, 0.15) is 24.4 Å². The first-order valence-electron chi connectivity index (χ1n) is 14.8. The van der Waals surface area contributed by atoms with E-state index in [1.165, 1.54) is 42.3 Å². The van der Waals surface area contributed by atoms with Crippen LogP contribution in [0.2, 0.25) is 0 Å². The molecule has 2 aliphatic heterocycles. The number of Topliss-reactive ketones (excluding diaryl/α,β-unsaturated/α-hetero) is 1. The zero-order valence-electron chi connectivity index (χ0n) is 23.3. The van der Waals surface area contributed by atoms with Crippen molar-refractivity contribution in [3.8, 4) is 11.4 Å². The fraction of sp³-hybridized carbons (Fsp3) is 0.424. The average molecular weight is 536 g/mol. The molecule has 1 aliphatic carbocycles. The molecule has 7 rings (SSSR count). The fourth-order valence-electron chi connectivity index (χ4n) is 6.80. The number of aromatic nitrogens is 3. The number of piperazine rings is 1. The van der Waals surface area contributed by atoms with Crippen LogP contribution in [-0.2, 0) is 13.0 Å². The van der Waals surface area contributed by atoms with E-state index < -0.39 is 0 Å². The summed E-state index contributed by atoms with van der Waals surface area (Å²) in [5.41, 5.74) is 7.11. The summed E-state index contributed by atoms with van der Waals surface area (Å²) in [6.07, 6.45) is 8.18. The molecule has 2 fully saturated rings. The molecule has 40 heavy (non-hydrogen) atoms. The zero-order valence-corrected chi connectivity index (χ0v) is 23.3. The third-order valence-electron chi connectivity index (χ3n) is 9.03. The molecule has 0 unspecified atom stereocenters. The largest absolute Gasteiger partial charge is 0.485 e. The number of imidazole rings is 1. The molecule has 0 radical (unpaired) electrons. The second-order valence-electron chi connectivity index (χ2n) is 11.6. The Hall–Kier alpha value is -3.71. The van der Waals surface area contributed by atoms with Crippen LogP contribution >= 0.6 is 0 Å². The van der Waals surface area contributed by atoms with Crippen molar-refractivity contribution in [1.29, 1.82) is 0 Å². The van der Waals surface area contributed by atoms with E-state index in [4.69, 9.17) is 9.72 Å². The summed E-state index contributed by atoms with van der Waals surface area (Å²) in [6.45, 7) is 7.51. The van der Waals surface area contributed by atoms with E-state index in [1.54, 1.807) is 0 Å². The van der Waals surface area contributed by atoms with Gasteiger partial charge in [0, 0.05) is 55.9 Å². The van der Waals surface area contributed by atoms with Gasteiger partial charge in [-0.3, -0.25) is 19.2 Å². The van der Waals surface area contributed by atoms with Gasteiger partial charge in [-0.25, -0.2) is 4.98 Å². The molecule has 0 atom stereocenters. The van der Waals surface area contributed by atoms with Gasteiger partial charge >= 0.3 is 0 Å². The van der Waals surface area contributed by atoms with Gasteiger partial charge in [0.15, 0.2) is 5.78 Å². The predicted octanol–water partition coefficient (Wildman–Crippen LogP) is 5.75. The smallest absolute Gasteiger partial charge is 0.183 e. The number of carbonyl (C=O) groups excluding carboxylic acids is 1. The monoisotopic (exact) mass is 535 g/mol. The number of fused-ring (bicyclic) bond motifs is 4. The number of pyridine rings is 1. The molecule has 0 N–H and O–H groups in total. The van der Waals surface area contributed by atoms with Crippen LogP contribution in [-0.4, -0.2) is 57.9 Å². The average Bonchev–Trinajstić information content (AvgIpc) is 3.66. The van der Waals surface area contributed by atoms with Gasteiger partial charge in [-0.15, -0.1) is 0 Å². The van der Waals surface area contributed by atoms with Crippen LogP contribution in [0.5, 0.6) is 5.75 Å². The van der Waals surface area contributed by atoms with Crippen molar-refractivity contribution in [2.75, 3.05) is 37.6 Å². The molecule has 1 saturated carbocycles. The van der Waals surface area contributed by atoms with Crippen molar-refractivity contribution < 1.29 is 9.53 Å². The lowest BCUT2D eigenvalue weighted by atomic mass is 9.99. The summed E-state index contributed by atoms with van der Waals surface area (Å²) in [6, 6.07) is 17.1. The quantitative estimate of drug-likeness (QED) is 0.281. The van der Waals surface area contributed by atoms with Gasteiger partial charge in [0.05, 0.1) is 16.9 Å². The molecular formula is C33H37N5O2. The van der Waals surface area contributed by atoms with Gasteiger partial charge in [-0.2, -0.15) is 0 Å². The molecule has 3 aliphatic rings. The highest BCUT2D eigenvalue weighted by molar-refractivity contribution is 5.96. The molecule has 2 aromatic carbocycles. The van der Waals surface area contributed by atoms with Crippen LogP contribution < -0.4 is 9.64 Å². The van der Waals surface area contributed by atoms with Crippen LogP contribution in [0.25, 0.3) is 16.6 Å². The number of anilines is 1. The summed E-state index contributed by atoms with van der Waals surface area (Å²) < 4.78 is 8.39. The molecule has 0 bridgehead atoms. The summed E-state index contributed by atoms with van der Waals surface area (Å²) >= 11 is 0. The van der Waals surface area contributed by atoms with Gasteiger partial charge < -0.3 is 9.64 Å². The highest BCUT2D eigenvalue weighted by atomic mass is 16.5. The lowest BCUT2D eigenvalue weighted by Gasteiger charge is -2.36. The molecule has 1 saturated heterocycles. The lowest BCUT2D eigenvalue weighted by molar-refractivity contribution is 0.0954. The van der Waals surface area contributed by atoms with Crippen LogP contribution in [0.3, 0.4) is 0 Å². The number of nitrogens with zero attached hydrogens (tertiary/aromatic N) is 5. The molecule has 2 aromatic heterocycles. The first kappa shape index (κ1) is 25.3. The first-order chi connectivity index (χ1) is 19.6. The van der Waals surface area contributed by atoms with Crippen molar-refractivity contribution in [2.45, 2.75) is 52.1 Å². The lowest BCUT2D eigenvalue weighted by Crippen LogP contribution is -2.47. The number of aryl methyl sites for hydroxylation is 1. The molecule has 4 aromatic rings. The maximum absolute atomic E-state index is 13.0. The number of hydrogen-bond donors (Lipinski definition) is 0. The van der Waals surface area contributed by atoms with Crippen molar-refractivity contribution in [2.24, 2.45) is 5.92 Å². The van der Waals surface area contributed by atoms with E-state index in [9.17, 15) is 4.79 Å². The second-order valence-corrected chi connectivity index (χ2v) is 11.6. The molecule has 206 valence electrons. The van der Waals surface area contributed by atoms with Crippen molar-refractivity contribution in [1.82, 2.24) is 19.4 Å². The Morgan fingerprint density at radius 3 is 2.62 bits per heavy atom. The number of benzene rings is 2. The molecule has 0 spiro atoms. The Morgan fingerprint density at radius 1 is 0.975 bits per heavy atom. The predicted molar refractivity (Wildman–Crippen MR) is 158 cm³/mol. The molecular weight excluding hydrogens is 498 g/mol. The van der Waals surface area contributed by atoms with Gasteiger partial charge in [-0.1, -0.05) is 43.9 Å². The number of para-hydroxylation sites is 1. The minimum atomic E-state index is 0.165. The maximum atomic E-state index is 13.0. The third-order valence-corrected chi connectivity index (χ3v) is 9.03. The Balaban J connectivity index is 1.01. The van der Waals surface area contributed by atoms with Gasteiger partial charge in [0.25, 0.3) is 0 Å². The summed E-state index contributed by atoms with van der Waals surface area (Å²) in [7, 11) is 0. The Kier molecular flexibility index (Phi) is 6.76. The van der Waals surface area contributed by atoms with Gasteiger partial charge in [-0.05, 0) is 55.2 Å². The van der Waals surface area contributed by atoms with Crippen LogP contribution in [0.15, 0.2) is 54.9 Å². The Bertz CT molecular complexity index is 1550. The van der Waals surface area contributed by atoms with Crippen LogP contribution in [0.1, 0.15) is 59.5 Å². The Morgan fingerprint density at radius 2 is 1.77 bits per heavy atom. The van der Waals surface area contributed by atoms with E-state index in [-0.39, 0.29) is 5.78 Å². The number of ketones is 1. The van der Waals surface area contributed by atoms with E-state index in [0.29, 0.717) is 24.6 Å². The standard InChI is InChI=1S/C33H37N5O2/c1-23-12-13-26-27(35-23)9-5-10-28(26)37-18-16-36(17-19-37)15-14-25-8-4-11-29-33(25)40-21-30-32(34-22-38(29)30)31(39)20-24-6-2-3-7-24/h4-5,8-13,22,24H,2-3,6-7,14-21H2,1H3. The topological polar surface area (TPSA) is 63.5 Å². The molecule has 0 amide bonds. The first-order valence-corrected chi connectivity index (χ1v) is 14.8. The van der Waals surface area contributed by atoms with E-state index in [1.807, 2.05) is 13.3 Å². The normalized spacial score (nSPS) is 17.6. The third kappa shape index (κ3) is 4.77. The minimum Gasteiger partial charge on any atom is -0.485 e. The van der Waals surface area contributed by atoms with E-state index >= 15 is 0 Å². The zero-order chi connectivity index (χ0) is 27.1. The number of hydrogen-bond acceptors (Lipinski definition) is 6.